The second-order valence-electron chi connectivity index (χ2n) is 5.35. The highest BCUT2D eigenvalue weighted by molar-refractivity contribution is 5.83. The van der Waals surface area contributed by atoms with Crippen molar-refractivity contribution in [2.45, 2.75) is 25.4 Å². The minimum absolute atomic E-state index is 0.000554. The number of hydrogen-bond acceptors (Lipinski definition) is 4. The Morgan fingerprint density at radius 1 is 1.35 bits per heavy atom. The zero-order valence-electron chi connectivity index (χ0n) is 12.4. The number of rotatable bonds is 6. The molecule has 116 valence electrons. The molecule has 0 radical (unpaired) electrons. The van der Waals surface area contributed by atoms with Crippen molar-refractivity contribution in [3.05, 3.63) is 0 Å². The average molecular weight is 286 g/mol. The maximum absolute atomic E-state index is 11.5. The number of aliphatic hydroxyl groups excluding tert-OH is 1. The Hall–Kier alpha value is -1.34. The second-order valence-corrected chi connectivity index (χ2v) is 5.35. The van der Waals surface area contributed by atoms with Crippen molar-refractivity contribution in [1.29, 1.82) is 0 Å². The molecule has 0 bridgehead atoms. The van der Waals surface area contributed by atoms with Crippen molar-refractivity contribution in [2.75, 3.05) is 46.8 Å². The zero-order valence-corrected chi connectivity index (χ0v) is 12.4. The van der Waals surface area contributed by atoms with Crippen LogP contribution in [-0.2, 0) is 4.79 Å². The fourth-order valence-corrected chi connectivity index (χ4v) is 2.14. The molecule has 0 unspecified atom stereocenters. The van der Waals surface area contributed by atoms with Crippen molar-refractivity contribution in [2.24, 2.45) is 0 Å². The van der Waals surface area contributed by atoms with Crippen LogP contribution in [0.1, 0.15) is 19.3 Å². The molecular formula is C13H26N4O3. The SMILES string of the molecule is CN(C)C(=O)NCC(=O)NCCCN1CCC[C@H](O)C1. The van der Waals surface area contributed by atoms with E-state index >= 15 is 0 Å². The summed E-state index contributed by atoms with van der Waals surface area (Å²) in [5.74, 6) is -0.182. The van der Waals surface area contributed by atoms with Gasteiger partial charge in [0.15, 0.2) is 0 Å². The summed E-state index contributed by atoms with van der Waals surface area (Å²) < 4.78 is 0. The van der Waals surface area contributed by atoms with Gasteiger partial charge in [-0.25, -0.2) is 4.79 Å². The summed E-state index contributed by atoms with van der Waals surface area (Å²) >= 11 is 0. The van der Waals surface area contributed by atoms with Gasteiger partial charge >= 0.3 is 6.03 Å². The third-order valence-corrected chi connectivity index (χ3v) is 3.26. The number of aliphatic hydroxyl groups is 1. The summed E-state index contributed by atoms with van der Waals surface area (Å²) in [5, 5.41) is 14.8. The number of hydrogen-bond donors (Lipinski definition) is 3. The first-order valence-corrected chi connectivity index (χ1v) is 7.11. The van der Waals surface area contributed by atoms with Crippen molar-refractivity contribution < 1.29 is 14.7 Å². The van der Waals surface area contributed by atoms with Gasteiger partial charge in [0.2, 0.25) is 5.91 Å². The molecule has 0 aromatic heterocycles. The molecule has 0 aromatic rings. The van der Waals surface area contributed by atoms with Gasteiger partial charge in [0.05, 0.1) is 12.6 Å². The first-order chi connectivity index (χ1) is 9.49. The first kappa shape index (κ1) is 16.7. The number of urea groups is 1. The van der Waals surface area contributed by atoms with Crippen LogP contribution in [0.25, 0.3) is 0 Å². The summed E-state index contributed by atoms with van der Waals surface area (Å²) in [7, 11) is 3.25. The van der Waals surface area contributed by atoms with Crippen LogP contribution in [0.5, 0.6) is 0 Å². The highest BCUT2D eigenvalue weighted by Gasteiger charge is 2.16. The smallest absolute Gasteiger partial charge is 0.317 e. The number of nitrogens with one attached hydrogen (secondary N) is 2. The van der Waals surface area contributed by atoms with Crippen molar-refractivity contribution in [3.8, 4) is 0 Å². The van der Waals surface area contributed by atoms with Gasteiger partial charge in [0.1, 0.15) is 0 Å². The first-order valence-electron chi connectivity index (χ1n) is 7.11. The monoisotopic (exact) mass is 286 g/mol. The standard InChI is InChI=1S/C13H26N4O3/c1-16(2)13(20)15-9-12(19)14-6-4-8-17-7-3-5-11(18)10-17/h11,18H,3-10H2,1-2H3,(H,14,19)(H,15,20)/t11-/m0/s1. The molecule has 1 aliphatic heterocycles. The molecule has 1 fully saturated rings. The number of carbonyl (C=O) groups excluding carboxylic acids is 2. The Morgan fingerprint density at radius 2 is 2.10 bits per heavy atom. The highest BCUT2D eigenvalue weighted by atomic mass is 16.3. The Morgan fingerprint density at radius 3 is 2.75 bits per heavy atom. The quantitative estimate of drug-likeness (QED) is 0.559. The van der Waals surface area contributed by atoms with Gasteiger partial charge in [0.25, 0.3) is 0 Å². The summed E-state index contributed by atoms with van der Waals surface area (Å²) in [6, 6.07) is -0.276. The summed E-state index contributed by atoms with van der Waals surface area (Å²) in [6.07, 6.45) is 2.56. The summed E-state index contributed by atoms with van der Waals surface area (Å²) in [4.78, 5) is 26.3. The topological polar surface area (TPSA) is 84.9 Å². The lowest BCUT2D eigenvalue weighted by molar-refractivity contribution is -0.120. The van der Waals surface area contributed by atoms with Gasteiger partial charge in [-0.05, 0) is 32.4 Å². The van der Waals surface area contributed by atoms with E-state index in [2.05, 4.69) is 15.5 Å². The third kappa shape index (κ3) is 6.72. The van der Waals surface area contributed by atoms with Gasteiger partial charge in [-0.2, -0.15) is 0 Å². The number of carbonyl (C=O) groups is 2. The molecule has 3 N–H and O–H groups in total. The van der Waals surface area contributed by atoms with E-state index in [1.165, 1.54) is 4.90 Å². The van der Waals surface area contributed by atoms with E-state index in [0.29, 0.717) is 6.54 Å². The average Bonchev–Trinajstić information content (AvgIpc) is 2.41. The normalized spacial score (nSPS) is 19.4. The predicted molar refractivity (Wildman–Crippen MR) is 76.4 cm³/mol. The lowest BCUT2D eigenvalue weighted by atomic mass is 10.1. The predicted octanol–water partition coefficient (Wildman–Crippen LogP) is -0.779. The highest BCUT2D eigenvalue weighted by Crippen LogP contribution is 2.09. The van der Waals surface area contributed by atoms with Gasteiger partial charge in [-0.15, -0.1) is 0 Å². The molecule has 0 spiro atoms. The van der Waals surface area contributed by atoms with Gasteiger partial charge < -0.3 is 25.5 Å². The Bertz CT molecular complexity index is 323. The van der Waals surface area contributed by atoms with E-state index in [1.807, 2.05) is 0 Å². The summed E-state index contributed by atoms with van der Waals surface area (Å²) in [5.41, 5.74) is 0. The van der Waals surface area contributed by atoms with Crippen LogP contribution in [0.4, 0.5) is 4.79 Å². The zero-order chi connectivity index (χ0) is 15.0. The molecule has 7 heteroatoms. The number of β-amino-alcohol motifs (C(OH)–C–C–N with tert-alkyl or cyclic N) is 1. The molecule has 1 heterocycles. The largest absolute Gasteiger partial charge is 0.392 e. The van der Waals surface area contributed by atoms with Crippen LogP contribution >= 0.6 is 0 Å². The minimum atomic E-state index is -0.276. The molecule has 0 saturated carbocycles. The molecule has 20 heavy (non-hydrogen) atoms. The molecule has 1 rings (SSSR count). The van der Waals surface area contributed by atoms with Crippen LogP contribution in [-0.4, -0.2) is 79.8 Å². The molecular weight excluding hydrogens is 260 g/mol. The molecule has 3 amide bonds. The van der Waals surface area contributed by atoms with E-state index in [4.69, 9.17) is 0 Å². The van der Waals surface area contributed by atoms with E-state index in [-0.39, 0.29) is 24.6 Å². The van der Waals surface area contributed by atoms with E-state index < -0.39 is 0 Å². The van der Waals surface area contributed by atoms with Crippen LogP contribution in [0.2, 0.25) is 0 Å². The van der Waals surface area contributed by atoms with Crippen LogP contribution in [0, 0.1) is 0 Å². The van der Waals surface area contributed by atoms with Crippen molar-refractivity contribution in [1.82, 2.24) is 20.4 Å². The summed E-state index contributed by atoms with van der Waals surface area (Å²) in [6.45, 7) is 3.21. The Labute approximate surface area is 120 Å². The van der Waals surface area contributed by atoms with E-state index in [0.717, 1.165) is 38.9 Å². The van der Waals surface area contributed by atoms with E-state index in [1.54, 1.807) is 14.1 Å². The maximum Gasteiger partial charge on any atom is 0.317 e. The molecule has 0 aliphatic carbocycles. The number of likely N-dealkylation sites (tertiary alicyclic amines) is 1. The van der Waals surface area contributed by atoms with E-state index in [9.17, 15) is 14.7 Å². The molecule has 1 aliphatic rings. The number of nitrogens with zero attached hydrogens (tertiary/aromatic N) is 2. The maximum atomic E-state index is 11.5. The van der Waals surface area contributed by atoms with Crippen LogP contribution in [0.3, 0.4) is 0 Å². The Balaban J connectivity index is 2.03. The molecule has 1 atom stereocenters. The van der Waals surface area contributed by atoms with Gasteiger partial charge in [-0.1, -0.05) is 0 Å². The van der Waals surface area contributed by atoms with Crippen LogP contribution in [0.15, 0.2) is 0 Å². The van der Waals surface area contributed by atoms with Crippen LogP contribution < -0.4 is 10.6 Å². The van der Waals surface area contributed by atoms with Crippen molar-refractivity contribution >= 4 is 11.9 Å². The second kappa shape index (κ2) is 8.76. The molecule has 0 aromatic carbocycles. The number of amides is 3. The fourth-order valence-electron chi connectivity index (χ4n) is 2.14. The van der Waals surface area contributed by atoms with Gasteiger partial charge in [-0.3, -0.25) is 4.79 Å². The van der Waals surface area contributed by atoms with Crippen molar-refractivity contribution in [3.63, 3.8) is 0 Å². The lowest BCUT2D eigenvalue weighted by Crippen LogP contribution is -2.42. The molecule has 1 saturated heterocycles. The Kier molecular flexibility index (Phi) is 7.32. The minimum Gasteiger partial charge on any atom is -0.392 e. The number of piperidine rings is 1. The lowest BCUT2D eigenvalue weighted by Gasteiger charge is -2.29. The fraction of sp³-hybridized carbons (Fsp3) is 0.846. The third-order valence-electron chi connectivity index (χ3n) is 3.26. The molecule has 7 nitrogen and oxygen atoms in total. The van der Waals surface area contributed by atoms with Gasteiger partial charge in [0, 0.05) is 27.2 Å².